The fourth-order valence-corrected chi connectivity index (χ4v) is 2.92. The van der Waals surface area contributed by atoms with Gasteiger partial charge in [-0.3, -0.25) is 9.11 Å². The molecule has 28 heavy (non-hydrogen) atoms. The van der Waals surface area contributed by atoms with Crippen molar-refractivity contribution in [3.63, 3.8) is 0 Å². The molecule has 1 radical (unpaired) electrons. The number of azo groups is 1. The Morgan fingerprint density at radius 2 is 1.29 bits per heavy atom. The van der Waals surface area contributed by atoms with Gasteiger partial charge in [0.25, 0.3) is 20.2 Å². The summed E-state index contributed by atoms with van der Waals surface area (Å²) in [6, 6.07) is 4.12. The van der Waals surface area contributed by atoms with Crippen LogP contribution in [-0.2, 0) is 37.3 Å². The van der Waals surface area contributed by atoms with Crippen LogP contribution >= 0.6 is 0 Å². The molecule has 0 aliphatic rings. The molecule has 0 saturated carbocycles. The predicted molar refractivity (Wildman–Crippen MR) is 81.7 cm³/mol. The van der Waals surface area contributed by atoms with Crippen LogP contribution in [0.25, 0.3) is 0 Å². The van der Waals surface area contributed by atoms with Crippen molar-refractivity contribution >= 4 is 31.6 Å². The van der Waals surface area contributed by atoms with Crippen molar-refractivity contribution in [2.24, 2.45) is 10.2 Å². The number of nitrogens with zero attached hydrogens (tertiary/aromatic N) is 2. The summed E-state index contributed by atoms with van der Waals surface area (Å²) in [4.78, 5) is -2.19. The zero-order valence-corrected chi connectivity index (χ0v) is 20.8. The van der Waals surface area contributed by atoms with Gasteiger partial charge >= 0.3 is 59.1 Å². The van der Waals surface area contributed by atoms with Crippen LogP contribution in [0.5, 0.6) is 17.2 Å². The monoisotopic (exact) mass is 499 g/mol. The molecule has 0 saturated heterocycles. The Morgan fingerprint density at radius 3 is 1.75 bits per heavy atom. The maximum atomic E-state index is 11.2. The first kappa shape index (κ1) is 30.0. The van der Waals surface area contributed by atoms with E-state index in [4.69, 9.17) is 14.2 Å². The standard InChI is InChI=1S/C12H10N2O9S2.Cu.2Na/c15-6-1-2-8(10(16)3-6)13-14-9-4-7(24(18,19)20)5-11(12(9)17)25(21,22)23;;;/h1-5,15-17H,(H,18,19,20)(H,21,22,23);;;/q;;2*+1. The molecule has 0 aromatic heterocycles. The molecule has 0 spiro atoms. The Kier molecular flexibility index (Phi) is 12.0. The molecular weight excluding hydrogens is 490 g/mol. The minimum atomic E-state index is -5.05. The second-order valence-electron chi connectivity index (χ2n) is 4.61. The second-order valence-corrected chi connectivity index (χ2v) is 7.42. The van der Waals surface area contributed by atoms with Gasteiger partial charge in [0.15, 0.2) is 5.75 Å². The van der Waals surface area contributed by atoms with Gasteiger partial charge in [0.2, 0.25) is 0 Å². The molecule has 0 amide bonds. The zero-order valence-electron chi connectivity index (χ0n) is 14.3. The average Bonchev–Trinajstić information content (AvgIpc) is 2.45. The maximum Gasteiger partial charge on any atom is 1.00 e. The minimum absolute atomic E-state index is 0. The van der Waals surface area contributed by atoms with E-state index in [-0.39, 0.29) is 87.6 Å². The summed E-state index contributed by atoms with van der Waals surface area (Å²) in [5, 5.41) is 35.4. The molecule has 2 aromatic carbocycles. The van der Waals surface area contributed by atoms with Crippen molar-refractivity contribution in [3.8, 4) is 17.2 Å². The first-order valence-electron chi connectivity index (χ1n) is 6.15. The smallest absolute Gasteiger partial charge is 0.508 e. The summed E-state index contributed by atoms with van der Waals surface area (Å²) in [6.07, 6.45) is 0. The van der Waals surface area contributed by atoms with Crippen LogP contribution in [0.4, 0.5) is 11.4 Å². The van der Waals surface area contributed by atoms with Gasteiger partial charge in [-0.25, -0.2) is 0 Å². The zero-order chi connectivity index (χ0) is 19.0. The van der Waals surface area contributed by atoms with Gasteiger partial charge in [-0.05, 0) is 24.3 Å². The molecule has 0 unspecified atom stereocenters. The van der Waals surface area contributed by atoms with Gasteiger partial charge in [0.05, 0.1) is 4.90 Å². The Hall–Kier alpha value is -0.221. The van der Waals surface area contributed by atoms with Crippen LogP contribution in [0.15, 0.2) is 50.4 Å². The van der Waals surface area contributed by atoms with E-state index < -0.39 is 47.2 Å². The van der Waals surface area contributed by atoms with Crippen molar-refractivity contribution in [1.82, 2.24) is 0 Å². The predicted octanol–water partition coefficient (Wildman–Crippen LogP) is -4.28. The normalized spacial score (nSPS) is 11.2. The van der Waals surface area contributed by atoms with Crippen LogP contribution in [0.3, 0.4) is 0 Å². The summed E-state index contributed by atoms with van der Waals surface area (Å²) >= 11 is 0. The first-order chi connectivity index (χ1) is 11.4. The van der Waals surface area contributed by atoms with Crippen LogP contribution in [-0.4, -0.2) is 41.3 Å². The third kappa shape index (κ3) is 7.55. The largest absolute Gasteiger partial charge is 1.00 e. The first-order valence-corrected chi connectivity index (χ1v) is 9.03. The molecule has 0 aliphatic carbocycles. The summed E-state index contributed by atoms with van der Waals surface area (Å²) in [6.45, 7) is 0. The number of rotatable bonds is 4. The fourth-order valence-electron chi connectivity index (χ4n) is 1.69. The third-order valence-electron chi connectivity index (χ3n) is 2.83. The van der Waals surface area contributed by atoms with Crippen molar-refractivity contribution in [3.05, 3.63) is 30.3 Å². The van der Waals surface area contributed by atoms with Crippen LogP contribution in [0.2, 0.25) is 0 Å². The summed E-state index contributed by atoms with van der Waals surface area (Å²) in [5.41, 5.74) is -0.932. The third-order valence-corrected chi connectivity index (χ3v) is 4.53. The Bertz CT molecular complexity index is 1090. The van der Waals surface area contributed by atoms with Gasteiger partial charge in [-0.2, -0.15) is 16.8 Å². The quantitative estimate of drug-likeness (QED) is 0.157. The molecule has 0 atom stereocenters. The Balaban J connectivity index is 0. The van der Waals surface area contributed by atoms with Gasteiger partial charge in [-0.15, -0.1) is 10.2 Å². The van der Waals surface area contributed by atoms with Crippen molar-refractivity contribution in [1.29, 1.82) is 0 Å². The van der Waals surface area contributed by atoms with Gasteiger partial charge in [-0.1, -0.05) is 0 Å². The molecule has 11 nitrogen and oxygen atoms in total. The number of phenolic OH excluding ortho intramolecular Hbond substituents is 3. The Morgan fingerprint density at radius 1 is 0.750 bits per heavy atom. The molecule has 2 rings (SSSR count). The molecule has 0 heterocycles. The SMILES string of the molecule is O=S(=O)(O)c1cc(N=Nc2ccc(O)cc2O)c(O)c(S(=O)(=O)O)c1.[Cu].[Na+].[Na+]. The fraction of sp³-hybridized carbons (Fsp3) is 0. The molecule has 16 heteroatoms. The van der Waals surface area contributed by atoms with Gasteiger partial charge in [0, 0.05) is 23.1 Å². The van der Waals surface area contributed by atoms with E-state index in [1.54, 1.807) is 0 Å². The number of benzene rings is 2. The minimum Gasteiger partial charge on any atom is -0.508 e. The second kappa shape index (κ2) is 11.2. The molecule has 5 N–H and O–H groups in total. The van der Waals surface area contributed by atoms with Gasteiger partial charge in [0.1, 0.15) is 27.8 Å². The number of hydrogen-bond acceptors (Lipinski definition) is 9. The molecule has 0 fully saturated rings. The summed E-state index contributed by atoms with van der Waals surface area (Å²) < 4.78 is 62.9. The van der Waals surface area contributed by atoms with Crippen LogP contribution in [0.1, 0.15) is 0 Å². The average molecular weight is 500 g/mol. The summed E-state index contributed by atoms with van der Waals surface area (Å²) in [5.74, 6) is -1.91. The number of phenols is 3. The van der Waals surface area contributed by atoms with Crippen LogP contribution in [0, 0.1) is 0 Å². The van der Waals surface area contributed by atoms with E-state index in [1.165, 1.54) is 0 Å². The molecule has 0 aliphatic heterocycles. The molecule has 145 valence electrons. The van der Waals surface area contributed by atoms with Crippen LogP contribution < -0.4 is 59.1 Å². The number of aromatic hydroxyl groups is 3. The molecule has 0 bridgehead atoms. The van der Waals surface area contributed by atoms with Crippen molar-refractivity contribution in [2.75, 3.05) is 0 Å². The van der Waals surface area contributed by atoms with E-state index in [1.807, 2.05) is 0 Å². The van der Waals surface area contributed by atoms with E-state index in [2.05, 4.69) is 10.2 Å². The number of hydrogen-bond donors (Lipinski definition) is 5. The Labute approximate surface area is 214 Å². The van der Waals surface area contributed by atoms with E-state index in [9.17, 15) is 27.0 Å². The molecular formula is C12H10CuN2Na2O9S2+2. The van der Waals surface area contributed by atoms with Crippen molar-refractivity contribution < 1.29 is 117 Å². The maximum absolute atomic E-state index is 11.2. The van der Waals surface area contributed by atoms with E-state index in [0.29, 0.717) is 12.1 Å². The van der Waals surface area contributed by atoms with E-state index >= 15 is 0 Å². The van der Waals surface area contributed by atoms with E-state index in [0.717, 1.165) is 18.2 Å². The molecule has 2 aromatic rings. The van der Waals surface area contributed by atoms with Gasteiger partial charge < -0.3 is 15.3 Å². The summed E-state index contributed by atoms with van der Waals surface area (Å²) in [7, 11) is -9.94. The topological polar surface area (TPSA) is 194 Å². The van der Waals surface area contributed by atoms with Crippen molar-refractivity contribution in [2.45, 2.75) is 9.79 Å².